The standard InChI is InChI=1S/C31H43F/c1-2-3-4-24-7-15-28(16-8-24)29-17-9-25(10-18-29)5-6-26-11-19-30(20-12-26)31-21-13-27(23-32)14-22-31/h11-14,19-22,24-25,28-29H,2-10,15-18,23H2,1H3/t24-,25?,28-,29?. The Morgan fingerprint density at radius 1 is 0.625 bits per heavy atom. The summed E-state index contributed by atoms with van der Waals surface area (Å²) in [6.07, 6.45) is 18.8. The highest BCUT2D eigenvalue weighted by Gasteiger charge is 2.30. The smallest absolute Gasteiger partial charge is 0.115 e. The van der Waals surface area contributed by atoms with E-state index >= 15 is 0 Å². The van der Waals surface area contributed by atoms with Crippen LogP contribution in [0.25, 0.3) is 11.1 Å². The molecule has 0 N–H and O–H groups in total. The summed E-state index contributed by atoms with van der Waals surface area (Å²) in [5.41, 5.74) is 4.61. The SMILES string of the molecule is CCCC[C@H]1CC[C@H](C2CCC(CCc3ccc(-c4ccc(CF)cc4)cc3)CC2)CC1. The fourth-order valence-electron chi connectivity index (χ4n) is 6.41. The summed E-state index contributed by atoms with van der Waals surface area (Å²) < 4.78 is 12.7. The average molecular weight is 435 g/mol. The fraction of sp³-hybridized carbons (Fsp3) is 0.613. The van der Waals surface area contributed by atoms with Gasteiger partial charge in [0.05, 0.1) is 0 Å². The molecule has 32 heavy (non-hydrogen) atoms. The molecule has 0 nitrogen and oxygen atoms in total. The maximum absolute atomic E-state index is 12.7. The average Bonchev–Trinajstić information content (AvgIpc) is 2.87. The van der Waals surface area contributed by atoms with Gasteiger partial charge in [-0.25, -0.2) is 4.39 Å². The Hall–Kier alpha value is -1.63. The monoisotopic (exact) mass is 434 g/mol. The highest BCUT2D eigenvalue weighted by Crippen LogP contribution is 2.43. The second-order valence-corrected chi connectivity index (χ2v) is 10.8. The highest BCUT2D eigenvalue weighted by atomic mass is 19.1. The molecule has 174 valence electrons. The van der Waals surface area contributed by atoms with Gasteiger partial charge in [-0.15, -0.1) is 0 Å². The van der Waals surface area contributed by atoms with Crippen LogP contribution in [0, 0.1) is 23.7 Å². The first-order valence-corrected chi connectivity index (χ1v) is 13.5. The summed E-state index contributed by atoms with van der Waals surface area (Å²) in [5, 5.41) is 0. The quantitative estimate of drug-likeness (QED) is 0.368. The van der Waals surface area contributed by atoms with Gasteiger partial charge in [0, 0.05) is 0 Å². The van der Waals surface area contributed by atoms with Crippen LogP contribution in [0.1, 0.15) is 95.1 Å². The van der Waals surface area contributed by atoms with Crippen LogP contribution in [0.15, 0.2) is 48.5 Å². The number of aryl methyl sites for hydroxylation is 1. The summed E-state index contributed by atoms with van der Waals surface area (Å²) in [6.45, 7) is 1.94. The predicted molar refractivity (Wildman–Crippen MR) is 135 cm³/mol. The number of alkyl halides is 1. The molecule has 0 unspecified atom stereocenters. The van der Waals surface area contributed by atoms with E-state index in [1.165, 1.54) is 100 Å². The van der Waals surface area contributed by atoms with Crippen LogP contribution in [-0.4, -0.2) is 0 Å². The van der Waals surface area contributed by atoms with Crippen molar-refractivity contribution in [3.63, 3.8) is 0 Å². The van der Waals surface area contributed by atoms with Crippen molar-refractivity contribution < 1.29 is 4.39 Å². The molecule has 0 saturated heterocycles. The summed E-state index contributed by atoms with van der Waals surface area (Å²) in [7, 11) is 0. The van der Waals surface area contributed by atoms with E-state index in [2.05, 4.69) is 31.2 Å². The minimum Gasteiger partial charge on any atom is -0.246 e. The lowest BCUT2D eigenvalue weighted by Crippen LogP contribution is -2.26. The molecule has 2 aliphatic rings. The van der Waals surface area contributed by atoms with Gasteiger partial charge < -0.3 is 0 Å². The van der Waals surface area contributed by atoms with Crippen LogP contribution in [0.4, 0.5) is 4.39 Å². The Labute approximate surface area is 196 Å². The fourth-order valence-corrected chi connectivity index (χ4v) is 6.41. The largest absolute Gasteiger partial charge is 0.246 e. The molecule has 2 aliphatic carbocycles. The molecule has 0 heterocycles. The van der Waals surface area contributed by atoms with Gasteiger partial charge >= 0.3 is 0 Å². The van der Waals surface area contributed by atoms with Gasteiger partial charge in [0.25, 0.3) is 0 Å². The van der Waals surface area contributed by atoms with Crippen molar-refractivity contribution in [3.05, 3.63) is 59.7 Å². The summed E-state index contributed by atoms with van der Waals surface area (Å²) in [4.78, 5) is 0. The van der Waals surface area contributed by atoms with E-state index in [9.17, 15) is 4.39 Å². The van der Waals surface area contributed by atoms with E-state index in [1.54, 1.807) is 0 Å². The van der Waals surface area contributed by atoms with E-state index < -0.39 is 0 Å². The van der Waals surface area contributed by atoms with Crippen LogP contribution in [0.2, 0.25) is 0 Å². The summed E-state index contributed by atoms with van der Waals surface area (Å²) >= 11 is 0. The number of benzene rings is 2. The molecule has 0 atom stereocenters. The lowest BCUT2D eigenvalue weighted by atomic mass is 9.68. The molecule has 1 heteroatoms. The molecule has 2 saturated carbocycles. The molecular formula is C31H43F. The zero-order valence-corrected chi connectivity index (χ0v) is 20.2. The topological polar surface area (TPSA) is 0 Å². The lowest BCUT2D eigenvalue weighted by Gasteiger charge is -2.38. The van der Waals surface area contributed by atoms with E-state index in [0.29, 0.717) is 0 Å². The number of halogens is 1. The maximum atomic E-state index is 12.7. The summed E-state index contributed by atoms with van der Waals surface area (Å²) in [5.74, 6) is 4.05. The molecule has 0 aliphatic heterocycles. The molecule has 4 rings (SSSR count). The number of hydrogen-bond donors (Lipinski definition) is 0. The van der Waals surface area contributed by atoms with Crippen molar-refractivity contribution >= 4 is 0 Å². The van der Waals surface area contributed by atoms with Crippen molar-refractivity contribution in [1.82, 2.24) is 0 Å². The molecule has 0 aromatic heterocycles. The van der Waals surface area contributed by atoms with Gasteiger partial charge in [-0.2, -0.15) is 0 Å². The van der Waals surface area contributed by atoms with E-state index in [0.717, 1.165) is 29.2 Å². The van der Waals surface area contributed by atoms with E-state index in [-0.39, 0.29) is 6.67 Å². The molecule has 0 bridgehead atoms. The number of rotatable bonds is 9. The van der Waals surface area contributed by atoms with Gasteiger partial charge in [0.15, 0.2) is 0 Å². The third-order valence-electron chi connectivity index (χ3n) is 8.65. The van der Waals surface area contributed by atoms with Crippen molar-refractivity contribution in [2.45, 2.75) is 97.1 Å². The van der Waals surface area contributed by atoms with Gasteiger partial charge in [0.2, 0.25) is 0 Å². The van der Waals surface area contributed by atoms with Crippen molar-refractivity contribution in [2.75, 3.05) is 0 Å². The number of hydrogen-bond acceptors (Lipinski definition) is 0. The normalized spacial score (nSPS) is 26.2. The van der Waals surface area contributed by atoms with E-state index in [1.807, 2.05) is 24.3 Å². The molecule has 2 fully saturated rings. The van der Waals surface area contributed by atoms with Crippen LogP contribution < -0.4 is 0 Å². The molecular weight excluding hydrogens is 391 g/mol. The molecule has 0 radical (unpaired) electrons. The Kier molecular flexibility index (Phi) is 8.83. The third kappa shape index (κ3) is 6.46. The Morgan fingerprint density at radius 2 is 1.09 bits per heavy atom. The van der Waals surface area contributed by atoms with Gasteiger partial charge in [-0.05, 0) is 84.5 Å². The second-order valence-electron chi connectivity index (χ2n) is 10.8. The van der Waals surface area contributed by atoms with Crippen molar-refractivity contribution in [3.8, 4) is 11.1 Å². The predicted octanol–water partition coefficient (Wildman–Crippen LogP) is 9.56. The second kappa shape index (κ2) is 12.0. The van der Waals surface area contributed by atoms with Crippen LogP contribution in [-0.2, 0) is 13.1 Å². The zero-order valence-electron chi connectivity index (χ0n) is 20.2. The van der Waals surface area contributed by atoms with Crippen molar-refractivity contribution in [1.29, 1.82) is 0 Å². The zero-order chi connectivity index (χ0) is 22.2. The Balaban J connectivity index is 1.17. The first kappa shape index (κ1) is 23.5. The molecule has 2 aromatic carbocycles. The minimum atomic E-state index is -0.388. The first-order chi connectivity index (χ1) is 15.7. The van der Waals surface area contributed by atoms with Gasteiger partial charge in [-0.3, -0.25) is 0 Å². The minimum absolute atomic E-state index is 0.388. The van der Waals surface area contributed by atoms with E-state index in [4.69, 9.17) is 0 Å². The first-order valence-electron chi connectivity index (χ1n) is 13.5. The van der Waals surface area contributed by atoms with Crippen LogP contribution >= 0.6 is 0 Å². The Bertz CT molecular complexity index is 774. The lowest BCUT2D eigenvalue weighted by molar-refractivity contribution is 0.140. The van der Waals surface area contributed by atoms with Crippen LogP contribution in [0.3, 0.4) is 0 Å². The highest BCUT2D eigenvalue weighted by molar-refractivity contribution is 5.63. The molecule has 2 aromatic rings. The maximum Gasteiger partial charge on any atom is 0.115 e. The number of unbranched alkanes of at least 4 members (excludes halogenated alkanes) is 1. The molecule has 0 spiro atoms. The van der Waals surface area contributed by atoms with Crippen molar-refractivity contribution in [2.24, 2.45) is 23.7 Å². The molecule has 0 amide bonds. The summed E-state index contributed by atoms with van der Waals surface area (Å²) in [6, 6.07) is 16.9. The van der Waals surface area contributed by atoms with Gasteiger partial charge in [0.1, 0.15) is 6.67 Å². The Morgan fingerprint density at radius 3 is 1.56 bits per heavy atom. The third-order valence-corrected chi connectivity index (χ3v) is 8.65. The van der Waals surface area contributed by atoms with Crippen LogP contribution in [0.5, 0.6) is 0 Å². The van der Waals surface area contributed by atoms with Gasteiger partial charge in [-0.1, -0.05) is 100 Å².